The fourth-order valence-electron chi connectivity index (χ4n) is 1.86. The molecule has 2 aliphatic heterocycles. The molecule has 1 N–H and O–H groups in total. The molecular weight excluding hydrogens is 228 g/mol. The van der Waals surface area contributed by atoms with Gasteiger partial charge in [0.25, 0.3) is 0 Å². The van der Waals surface area contributed by atoms with Crippen LogP contribution in [-0.2, 0) is 14.3 Å². The predicted octanol–water partition coefficient (Wildman–Crippen LogP) is -0.272. The van der Waals surface area contributed by atoms with Gasteiger partial charge in [-0.3, -0.25) is 9.52 Å². The number of amides is 1. The van der Waals surface area contributed by atoms with E-state index in [0.717, 1.165) is 6.54 Å². The van der Waals surface area contributed by atoms with Gasteiger partial charge in [0.2, 0.25) is 5.91 Å². The summed E-state index contributed by atoms with van der Waals surface area (Å²) in [5, 5.41) is 0. The van der Waals surface area contributed by atoms with Crippen LogP contribution in [0.2, 0.25) is 0 Å². The number of carbonyl (C=O) groups is 1. The summed E-state index contributed by atoms with van der Waals surface area (Å²) in [6, 6.07) is 0. The molecule has 92 valence electrons. The van der Waals surface area contributed by atoms with Gasteiger partial charge in [0.15, 0.2) is 0 Å². The molecule has 2 heterocycles. The Hall–Kier alpha value is -0.300. The Morgan fingerprint density at radius 2 is 2.38 bits per heavy atom. The molecule has 5 nitrogen and oxygen atoms in total. The molecule has 2 aliphatic rings. The van der Waals surface area contributed by atoms with Crippen LogP contribution >= 0.6 is 11.9 Å². The van der Waals surface area contributed by atoms with Gasteiger partial charge in [0.05, 0.1) is 31.8 Å². The van der Waals surface area contributed by atoms with E-state index >= 15 is 0 Å². The fraction of sp³-hybridized carbons (Fsp3) is 0.900. The van der Waals surface area contributed by atoms with Crippen LogP contribution in [0.1, 0.15) is 0 Å². The molecule has 2 fully saturated rings. The molecule has 2 rings (SSSR count). The average Bonchev–Trinajstić information content (AvgIpc) is 2.24. The van der Waals surface area contributed by atoms with Crippen molar-refractivity contribution in [2.24, 2.45) is 5.92 Å². The summed E-state index contributed by atoms with van der Waals surface area (Å²) < 4.78 is 13.8. The Kier molecular flexibility index (Phi) is 4.45. The van der Waals surface area contributed by atoms with Crippen LogP contribution in [0.25, 0.3) is 0 Å². The van der Waals surface area contributed by atoms with Crippen molar-refractivity contribution >= 4 is 17.9 Å². The smallest absolute Gasteiger partial charge is 0.230 e. The van der Waals surface area contributed by atoms with E-state index in [9.17, 15) is 4.79 Å². The minimum absolute atomic E-state index is 0.0901. The lowest BCUT2D eigenvalue weighted by molar-refractivity contribution is -0.156. The first-order valence-electron chi connectivity index (χ1n) is 5.55. The monoisotopic (exact) mass is 246 g/mol. The van der Waals surface area contributed by atoms with Crippen molar-refractivity contribution in [3.05, 3.63) is 0 Å². The number of hydrogen-bond donors (Lipinski definition) is 1. The van der Waals surface area contributed by atoms with Crippen LogP contribution in [-0.4, -0.2) is 62.6 Å². The van der Waals surface area contributed by atoms with Crippen molar-refractivity contribution < 1.29 is 14.3 Å². The van der Waals surface area contributed by atoms with Gasteiger partial charge < -0.3 is 14.4 Å². The largest absolute Gasteiger partial charge is 0.380 e. The summed E-state index contributed by atoms with van der Waals surface area (Å²) in [4.78, 5) is 13.9. The minimum Gasteiger partial charge on any atom is -0.380 e. The fourth-order valence-corrected chi connectivity index (χ4v) is 2.21. The zero-order chi connectivity index (χ0) is 11.4. The molecule has 0 saturated carbocycles. The highest BCUT2D eigenvalue weighted by Crippen LogP contribution is 2.16. The van der Waals surface area contributed by atoms with Gasteiger partial charge in [-0.25, -0.2) is 0 Å². The second kappa shape index (κ2) is 5.86. The summed E-state index contributed by atoms with van der Waals surface area (Å²) >= 11 is 1.57. The third kappa shape index (κ3) is 2.88. The third-order valence-electron chi connectivity index (χ3n) is 2.89. The lowest BCUT2D eigenvalue weighted by Gasteiger charge is -2.37. The summed E-state index contributed by atoms with van der Waals surface area (Å²) in [6.07, 6.45) is 2.10. The van der Waals surface area contributed by atoms with Gasteiger partial charge in [-0.1, -0.05) is 11.9 Å². The van der Waals surface area contributed by atoms with Crippen molar-refractivity contribution in [1.82, 2.24) is 9.62 Å². The number of carbonyl (C=O) groups excluding carboxylic acids is 1. The van der Waals surface area contributed by atoms with Gasteiger partial charge in [-0.2, -0.15) is 0 Å². The first-order valence-corrected chi connectivity index (χ1v) is 6.77. The molecule has 0 aromatic heterocycles. The van der Waals surface area contributed by atoms with E-state index in [0.29, 0.717) is 32.9 Å². The number of rotatable bonds is 4. The number of nitrogens with zero attached hydrogens (tertiary/aromatic N) is 1. The molecule has 0 bridgehead atoms. The zero-order valence-corrected chi connectivity index (χ0v) is 10.3. The molecule has 1 amide bonds. The molecule has 0 spiro atoms. The van der Waals surface area contributed by atoms with Crippen molar-refractivity contribution in [2.75, 3.05) is 45.7 Å². The number of nitrogens with one attached hydrogen (secondary N) is 1. The molecule has 16 heavy (non-hydrogen) atoms. The maximum absolute atomic E-state index is 12.0. The van der Waals surface area contributed by atoms with Gasteiger partial charge in [-0.05, 0) is 6.26 Å². The number of hydrogen-bond acceptors (Lipinski definition) is 5. The molecule has 6 heteroatoms. The highest BCUT2D eigenvalue weighted by Gasteiger charge is 2.33. The Labute approximate surface area is 100.0 Å². The molecule has 1 atom stereocenters. The van der Waals surface area contributed by atoms with E-state index in [2.05, 4.69) is 4.72 Å². The summed E-state index contributed by atoms with van der Waals surface area (Å²) in [7, 11) is 0. The SMILES string of the molecule is CSNC[C@H]1CN(C(=O)C2COC2)CCO1. The molecule has 0 unspecified atom stereocenters. The van der Waals surface area contributed by atoms with Crippen LogP contribution in [0.4, 0.5) is 0 Å². The molecule has 0 aromatic rings. The van der Waals surface area contributed by atoms with E-state index in [1.807, 2.05) is 11.2 Å². The Balaban J connectivity index is 1.78. The topological polar surface area (TPSA) is 50.8 Å². The molecular formula is C10H18N2O3S. The second-order valence-corrected chi connectivity index (χ2v) is 4.76. The van der Waals surface area contributed by atoms with Gasteiger partial charge in [0.1, 0.15) is 0 Å². The average molecular weight is 246 g/mol. The standard InChI is InChI=1S/C10H18N2O3S/c1-16-11-4-9-5-12(2-3-15-9)10(13)8-6-14-7-8/h8-9,11H,2-7H2,1H3/t9-/m0/s1. The van der Waals surface area contributed by atoms with Crippen LogP contribution in [0.15, 0.2) is 0 Å². The maximum Gasteiger partial charge on any atom is 0.230 e. The van der Waals surface area contributed by atoms with Gasteiger partial charge >= 0.3 is 0 Å². The van der Waals surface area contributed by atoms with E-state index in [4.69, 9.17) is 9.47 Å². The maximum atomic E-state index is 12.0. The van der Waals surface area contributed by atoms with Crippen molar-refractivity contribution in [1.29, 1.82) is 0 Å². The molecule has 0 radical (unpaired) electrons. The normalized spacial score (nSPS) is 26.6. The highest BCUT2D eigenvalue weighted by atomic mass is 32.2. The Morgan fingerprint density at radius 3 is 3.00 bits per heavy atom. The van der Waals surface area contributed by atoms with Crippen LogP contribution < -0.4 is 4.72 Å². The van der Waals surface area contributed by atoms with Crippen molar-refractivity contribution in [2.45, 2.75) is 6.10 Å². The molecule has 0 aromatic carbocycles. The van der Waals surface area contributed by atoms with E-state index in [1.165, 1.54) is 0 Å². The number of ether oxygens (including phenoxy) is 2. The van der Waals surface area contributed by atoms with Crippen LogP contribution in [0.5, 0.6) is 0 Å². The zero-order valence-electron chi connectivity index (χ0n) is 9.48. The highest BCUT2D eigenvalue weighted by molar-refractivity contribution is 7.96. The van der Waals surface area contributed by atoms with Crippen LogP contribution in [0.3, 0.4) is 0 Å². The van der Waals surface area contributed by atoms with E-state index in [-0.39, 0.29) is 17.9 Å². The van der Waals surface area contributed by atoms with E-state index in [1.54, 1.807) is 11.9 Å². The predicted molar refractivity (Wildman–Crippen MR) is 62.1 cm³/mol. The van der Waals surface area contributed by atoms with Crippen molar-refractivity contribution in [3.8, 4) is 0 Å². The quantitative estimate of drug-likeness (QED) is 0.692. The summed E-state index contributed by atoms with van der Waals surface area (Å²) in [6.45, 7) is 4.01. The molecule has 2 saturated heterocycles. The lowest BCUT2D eigenvalue weighted by Crippen LogP contribution is -2.53. The first kappa shape index (κ1) is 12.2. The summed E-state index contributed by atoms with van der Waals surface area (Å²) in [5.74, 6) is 0.316. The van der Waals surface area contributed by atoms with Crippen LogP contribution in [0, 0.1) is 5.92 Å². The third-order valence-corrected chi connectivity index (χ3v) is 3.35. The molecule has 0 aliphatic carbocycles. The first-order chi connectivity index (χ1) is 7.81. The summed E-state index contributed by atoms with van der Waals surface area (Å²) in [5.41, 5.74) is 0. The van der Waals surface area contributed by atoms with Crippen molar-refractivity contribution in [3.63, 3.8) is 0 Å². The second-order valence-electron chi connectivity index (χ2n) is 4.06. The minimum atomic E-state index is 0.0901. The van der Waals surface area contributed by atoms with E-state index < -0.39 is 0 Å². The van der Waals surface area contributed by atoms with Gasteiger partial charge in [-0.15, -0.1) is 0 Å². The lowest BCUT2D eigenvalue weighted by atomic mass is 10.1. The number of morpholine rings is 1. The Morgan fingerprint density at radius 1 is 1.56 bits per heavy atom. The van der Waals surface area contributed by atoms with Gasteiger partial charge in [0, 0.05) is 19.6 Å². The Bertz CT molecular complexity index is 248.